The number of rotatable bonds is 8. The van der Waals surface area contributed by atoms with E-state index in [9.17, 15) is 14.0 Å². The number of carbonyl (C=O) groups excluding carboxylic acids is 2. The molecule has 1 aromatic carbocycles. The van der Waals surface area contributed by atoms with Crippen LogP contribution in [-0.2, 0) is 9.59 Å². The topological polar surface area (TPSA) is 52.7 Å². The van der Waals surface area contributed by atoms with Gasteiger partial charge in [-0.05, 0) is 43.5 Å². The quantitative estimate of drug-likeness (QED) is 0.509. The molecule has 2 saturated heterocycles. The minimum Gasteiger partial charge on any atom is -0.340 e. The SMILES string of the molecule is O=C(CN1CCN(C(=O)CCCC[C@@H]2CCSS2)CC1)Nc1ccc(F)cc1. The van der Waals surface area contributed by atoms with Crippen LogP contribution in [0.3, 0.4) is 0 Å². The van der Waals surface area contributed by atoms with Crippen LogP contribution in [0, 0.1) is 5.82 Å². The number of piperazine rings is 1. The van der Waals surface area contributed by atoms with E-state index in [2.05, 4.69) is 10.2 Å². The molecule has 3 rings (SSSR count). The Kier molecular flexibility index (Phi) is 8.48. The van der Waals surface area contributed by atoms with Crippen molar-refractivity contribution in [2.24, 2.45) is 0 Å². The maximum absolute atomic E-state index is 12.9. The minimum absolute atomic E-state index is 0.116. The first-order valence-electron chi connectivity index (χ1n) is 9.94. The molecule has 2 amide bonds. The maximum atomic E-state index is 12.9. The lowest BCUT2D eigenvalue weighted by atomic mass is 10.1. The molecule has 2 aliphatic rings. The smallest absolute Gasteiger partial charge is 0.238 e. The third kappa shape index (κ3) is 6.97. The molecule has 1 atom stereocenters. The minimum atomic E-state index is -0.324. The average Bonchev–Trinajstić information content (AvgIpc) is 3.21. The van der Waals surface area contributed by atoms with Gasteiger partial charge >= 0.3 is 0 Å². The molecule has 0 spiro atoms. The van der Waals surface area contributed by atoms with Crippen molar-refractivity contribution >= 4 is 39.1 Å². The Labute approximate surface area is 174 Å². The summed E-state index contributed by atoms with van der Waals surface area (Å²) in [5, 5.41) is 3.56. The summed E-state index contributed by atoms with van der Waals surface area (Å²) in [6.07, 6.45) is 5.27. The van der Waals surface area contributed by atoms with Crippen molar-refractivity contribution in [3.8, 4) is 0 Å². The number of benzene rings is 1. The molecule has 0 radical (unpaired) electrons. The lowest BCUT2D eigenvalue weighted by Crippen LogP contribution is -2.50. The highest BCUT2D eigenvalue weighted by Gasteiger charge is 2.22. The van der Waals surface area contributed by atoms with E-state index in [1.165, 1.54) is 30.7 Å². The van der Waals surface area contributed by atoms with E-state index in [0.29, 0.717) is 38.3 Å². The molecule has 1 aromatic rings. The number of unbranched alkanes of at least 4 members (excludes halogenated alkanes) is 1. The van der Waals surface area contributed by atoms with Crippen LogP contribution in [0.2, 0.25) is 0 Å². The third-order valence-corrected chi connectivity index (χ3v) is 8.12. The summed E-state index contributed by atoms with van der Waals surface area (Å²) in [6.45, 7) is 3.06. The van der Waals surface area contributed by atoms with Crippen LogP contribution in [0.5, 0.6) is 0 Å². The van der Waals surface area contributed by atoms with Gasteiger partial charge in [-0.15, -0.1) is 0 Å². The first kappa shape index (κ1) is 21.5. The van der Waals surface area contributed by atoms with Gasteiger partial charge in [0.1, 0.15) is 5.82 Å². The fraction of sp³-hybridized carbons (Fsp3) is 0.600. The predicted molar refractivity (Wildman–Crippen MR) is 115 cm³/mol. The first-order chi connectivity index (χ1) is 13.6. The lowest BCUT2D eigenvalue weighted by Gasteiger charge is -2.34. The first-order valence-corrected chi connectivity index (χ1v) is 12.3. The highest BCUT2D eigenvalue weighted by Crippen LogP contribution is 2.39. The molecule has 0 saturated carbocycles. The van der Waals surface area contributed by atoms with Crippen molar-refractivity contribution < 1.29 is 14.0 Å². The molecule has 1 N–H and O–H groups in total. The molecule has 2 aliphatic heterocycles. The molecule has 154 valence electrons. The summed E-state index contributed by atoms with van der Waals surface area (Å²) in [7, 11) is 3.97. The van der Waals surface area contributed by atoms with Crippen molar-refractivity contribution in [2.75, 3.05) is 43.8 Å². The summed E-state index contributed by atoms with van der Waals surface area (Å²) in [6, 6.07) is 5.75. The molecule has 0 unspecified atom stereocenters. The van der Waals surface area contributed by atoms with E-state index in [1.807, 2.05) is 26.5 Å². The Morgan fingerprint density at radius 1 is 1.11 bits per heavy atom. The van der Waals surface area contributed by atoms with Crippen LogP contribution in [-0.4, -0.2) is 65.3 Å². The van der Waals surface area contributed by atoms with Crippen LogP contribution in [0.25, 0.3) is 0 Å². The normalized spacial score (nSPS) is 20.3. The van der Waals surface area contributed by atoms with Crippen molar-refractivity contribution in [2.45, 2.75) is 37.4 Å². The van der Waals surface area contributed by atoms with Gasteiger partial charge in [0.05, 0.1) is 6.54 Å². The van der Waals surface area contributed by atoms with E-state index in [1.54, 1.807) is 12.1 Å². The van der Waals surface area contributed by atoms with Crippen LogP contribution in [0.4, 0.5) is 10.1 Å². The Bertz CT molecular complexity index is 645. The summed E-state index contributed by atoms with van der Waals surface area (Å²) >= 11 is 0. The zero-order chi connectivity index (χ0) is 19.8. The second kappa shape index (κ2) is 11.1. The van der Waals surface area contributed by atoms with Gasteiger partial charge in [-0.2, -0.15) is 0 Å². The van der Waals surface area contributed by atoms with E-state index < -0.39 is 0 Å². The molecule has 5 nitrogen and oxygen atoms in total. The molecular formula is C20H28FN3O2S2. The monoisotopic (exact) mass is 425 g/mol. The van der Waals surface area contributed by atoms with Gasteiger partial charge in [0, 0.05) is 49.3 Å². The zero-order valence-electron chi connectivity index (χ0n) is 16.1. The predicted octanol–water partition coefficient (Wildman–Crippen LogP) is 3.62. The standard InChI is InChI=1S/C20H28FN3O2S2/c21-16-5-7-17(8-6-16)22-19(25)15-23-10-12-24(13-11-23)20(26)4-2-1-3-18-9-14-27-28-18/h5-8,18H,1-4,9-15H2,(H,22,25)/t18-/m1/s1. The number of nitrogens with zero attached hydrogens (tertiary/aromatic N) is 2. The number of halogens is 1. The zero-order valence-corrected chi connectivity index (χ0v) is 17.7. The fourth-order valence-electron chi connectivity index (χ4n) is 3.46. The van der Waals surface area contributed by atoms with Gasteiger partial charge in [0.2, 0.25) is 11.8 Å². The fourth-order valence-corrected chi connectivity index (χ4v) is 6.49. The van der Waals surface area contributed by atoms with Crippen LogP contribution in [0.1, 0.15) is 32.1 Å². The number of carbonyl (C=O) groups is 2. The van der Waals surface area contributed by atoms with Crippen LogP contribution >= 0.6 is 21.6 Å². The van der Waals surface area contributed by atoms with Crippen molar-refractivity contribution in [1.82, 2.24) is 9.80 Å². The van der Waals surface area contributed by atoms with E-state index in [-0.39, 0.29) is 24.2 Å². The number of hydrogen-bond acceptors (Lipinski definition) is 5. The molecule has 28 heavy (non-hydrogen) atoms. The van der Waals surface area contributed by atoms with E-state index >= 15 is 0 Å². The average molecular weight is 426 g/mol. The van der Waals surface area contributed by atoms with Gasteiger partial charge in [-0.25, -0.2) is 4.39 Å². The second-order valence-electron chi connectivity index (χ2n) is 7.29. The molecule has 2 fully saturated rings. The largest absolute Gasteiger partial charge is 0.340 e. The summed E-state index contributed by atoms with van der Waals surface area (Å²) < 4.78 is 12.9. The van der Waals surface area contributed by atoms with Crippen molar-refractivity contribution in [3.63, 3.8) is 0 Å². The Hall–Kier alpha value is -1.25. The Morgan fingerprint density at radius 3 is 2.54 bits per heavy atom. The molecular weight excluding hydrogens is 397 g/mol. The Balaban J connectivity index is 1.29. The summed E-state index contributed by atoms with van der Waals surface area (Å²) in [4.78, 5) is 28.5. The number of amides is 2. The Morgan fingerprint density at radius 2 is 1.86 bits per heavy atom. The third-order valence-electron chi connectivity index (χ3n) is 5.11. The molecule has 0 bridgehead atoms. The number of anilines is 1. The number of nitrogens with one attached hydrogen (secondary N) is 1. The van der Waals surface area contributed by atoms with Gasteiger partial charge in [-0.1, -0.05) is 28.0 Å². The van der Waals surface area contributed by atoms with Gasteiger partial charge in [0.25, 0.3) is 0 Å². The summed E-state index contributed by atoms with van der Waals surface area (Å²) in [5.41, 5.74) is 0.592. The van der Waals surface area contributed by atoms with E-state index in [4.69, 9.17) is 0 Å². The van der Waals surface area contributed by atoms with Crippen LogP contribution < -0.4 is 5.32 Å². The van der Waals surface area contributed by atoms with Crippen LogP contribution in [0.15, 0.2) is 24.3 Å². The molecule has 0 aromatic heterocycles. The van der Waals surface area contributed by atoms with Gasteiger partial charge < -0.3 is 10.2 Å². The lowest BCUT2D eigenvalue weighted by molar-refractivity contribution is -0.133. The van der Waals surface area contributed by atoms with Crippen molar-refractivity contribution in [3.05, 3.63) is 30.1 Å². The van der Waals surface area contributed by atoms with Crippen molar-refractivity contribution in [1.29, 1.82) is 0 Å². The number of hydrogen-bond donors (Lipinski definition) is 1. The second-order valence-corrected chi connectivity index (χ2v) is 10.1. The molecule has 0 aliphatic carbocycles. The summed E-state index contributed by atoms with van der Waals surface area (Å²) in [5.74, 6) is 1.06. The van der Waals surface area contributed by atoms with Gasteiger partial charge in [-0.3, -0.25) is 14.5 Å². The maximum Gasteiger partial charge on any atom is 0.238 e. The molecule has 2 heterocycles. The molecule has 8 heteroatoms. The van der Waals surface area contributed by atoms with Gasteiger partial charge in [0.15, 0.2) is 0 Å². The van der Waals surface area contributed by atoms with E-state index in [0.717, 1.165) is 18.1 Å². The highest BCUT2D eigenvalue weighted by molar-refractivity contribution is 8.77. The highest BCUT2D eigenvalue weighted by atomic mass is 33.1.